The van der Waals surface area contributed by atoms with Crippen molar-refractivity contribution in [2.24, 2.45) is 0 Å². The number of nitrogens with one attached hydrogen (secondary N) is 1. The molecular formula is C19H20N4O. The Bertz CT molecular complexity index is 771. The molecule has 1 heterocycles. The van der Waals surface area contributed by atoms with Crippen molar-refractivity contribution in [2.75, 3.05) is 29.0 Å². The number of hydrogen-bond donors (Lipinski definition) is 2. The predicted octanol–water partition coefficient (Wildman–Crippen LogP) is 3.38. The molecule has 0 aromatic heterocycles. The third-order valence-electron chi connectivity index (χ3n) is 4.26. The van der Waals surface area contributed by atoms with E-state index >= 15 is 0 Å². The van der Waals surface area contributed by atoms with Crippen LogP contribution < -0.4 is 16.0 Å². The normalized spacial score (nSPS) is 14.0. The van der Waals surface area contributed by atoms with E-state index in [1.54, 1.807) is 36.4 Å². The zero-order valence-electron chi connectivity index (χ0n) is 13.5. The highest BCUT2D eigenvalue weighted by Crippen LogP contribution is 2.27. The number of anilines is 3. The van der Waals surface area contributed by atoms with E-state index in [1.807, 2.05) is 6.07 Å². The van der Waals surface area contributed by atoms with E-state index in [1.165, 1.54) is 19.3 Å². The van der Waals surface area contributed by atoms with Crippen molar-refractivity contribution >= 4 is 23.0 Å². The molecule has 1 saturated heterocycles. The number of amides is 1. The van der Waals surface area contributed by atoms with Crippen LogP contribution in [0, 0.1) is 11.3 Å². The highest BCUT2D eigenvalue weighted by Gasteiger charge is 2.15. The van der Waals surface area contributed by atoms with E-state index in [-0.39, 0.29) is 5.91 Å². The van der Waals surface area contributed by atoms with Gasteiger partial charge in [-0.15, -0.1) is 0 Å². The van der Waals surface area contributed by atoms with Crippen molar-refractivity contribution in [1.82, 2.24) is 0 Å². The summed E-state index contributed by atoms with van der Waals surface area (Å²) in [5, 5.41) is 11.6. The van der Waals surface area contributed by atoms with Gasteiger partial charge in [0.25, 0.3) is 5.91 Å². The summed E-state index contributed by atoms with van der Waals surface area (Å²) in [5.41, 5.74) is 9.53. The van der Waals surface area contributed by atoms with E-state index < -0.39 is 0 Å². The van der Waals surface area contributed by atoms with Gasteiger partial charge in [-0.25, -0.2) is 0 Å². The summed E-state index contributed by atoms with van der Waals surface area (Å²) < 4.78 is 0. The molecular weight excluding hydrogens is 300 g/mol. The first-order valence-corrected chi connectivity index (χ1v) is 8.13. The average Bonchev–Trinajstić information content (AvgIpc) is 2.63. The van der Waals surface area contributed by atoms with Gasteiger partial charge in [0.05, 0.1) is 23.0 Å². The lowest BCUT2D eigenvalue weighted by molar-refractivity contribution is 0.102. The van der Waals surface area contributed by atoms with Gasteiger partial charge in [0.2, 0.25) is 0 Å². The molecule has 1 amide bonds. The molecule has 5 nitrogen and oxygen atoms in total. The number of carbonyl (C=O) groups is 1. The Morgan fingerprint density at radius 1 is 1.08 bits per heavy atom. The summed E-state index contributed by atoms with van der Waals surface area (Å²) in [6.45, 7) is 2.03. The van der Waals surface area contributed by atoms with Gasteiger partial charge in [-0.1, -0.05) is 0 Å². The minimum atomic E-state index is -0.211. The third-order valence-corrected chi connectivity index (χ3v) is 4.26. The number of hydrogen-bond acceptors (Lipinski definition) is 4. The van der Waals surface area contributed by atoms with Crippen LogP contribution in [0.2, 0.25) is 0 Å². The van der Waals surface area contributed by atoms with E-state index in [4.69, 9.17) is 11.0 Å². The number of rotatable bonds is 3. The number of nitrogen functional groups attached to an aromatic ring is 1. The fraction of sp³-hybridized carbons (Fsp3) is 0.263. The first kappa shape index (κ1) is 15.9. The van der Waals surface area contributed by atoms with Crippen LogP contribution in [0.3, 0.4) is 0 Å². The number of nitrogens with zero attached hydrogens (tertiary/aromatic N) is 2. The SMILES string of the molecule is N#Cc1ccc(NC(=O)c2ccc(N3CCCCC3)c(N)c2)cc1. The quantitative estimate of drug-likeness (QED) is 0.849. The first-order valence-electron chi connectivity index (χ1n) is 8.13. The monoisotopic (exact) mass is 320 g/mol. The molecule has 0 unspecified atom stereocenters. The highest BCUT2D eigenvalue weighted by molar-refractivity contribution is 6.05. The highest BCUT2D eigenvalue weighted by atomic mass is 16.1. The molecule has 0 bridgehead atoms. The number of carbonyl (C=O) groups excluding carboxylic acids is 1. The van der Waals surface area contributed by atoms with Crippen molar-refractivity contribution in [3.63, 3.8) is 0 Å². The predicted molar refractivity (Wildman–Crippen MR) is 96.0 cm³/mol. The molecule has 1 aliphatic heterocycles. The molecule has 1 aliphatic rings. The van der Waals surface area contributed by atoms with Crippen molar-refractivity contribution in [1.29, 1.82) is 5.26 Å². The van der Waals surface area contributed by atoms with Gasteiger partial charge >= 0.3 is 0 Å². The number of piperidine rings is 1. The van der Waals surface area contributed by atoms with Crippen LogP contribution in [0.15, 0.2) is 42.5 Å². The maximum atomic E-state index is 12.4. The minimum Gasteiger partial charge on any atom is -0.397 e. The maximum Gasteiger partial charge on any atom is 0.255 e. The van der Waals surface area contributed by atoms with E-state index in [9.17, 15) is 4.79 Å². The average molecular weight is 320 g/mol. The van der Waals surface area contributed by atoms with E-state index in [0.717, 1.165) is 18.8 Å². The molecule has 0 saturated carbocycles. The Morgan fingerprint density at radius 3 is 2.42 bits per heavy atom. The van der Waals surface area contributed by atoms with Gasteiger partial charge in [0.15, 0.2) is 0 Å². The van der Waals surface area contributed by atoms with Crippen LogP contribution in [0.4, 0.5) is 17.1 Å². The summed E-state index contributed by atoms with van der Waals surface area (Å²) in [6.07, 6.45) is 3.63. The Morgan fingerprint density at radius 2 is 1.79 bits per heavy atom. The zero-order chi connectivity index (χ0) is 16.9. The van der Waals surface area contributed by atoms with Gasteiger partial charge in [-0.3, -0.25) is 4.79 Å². The molecule has 3 rings (SSSR count). The van der Waals surface area contributed by atoms with E-state index in [0.29, 0.717) is 22.5 Å². The lowest BCUT2D eigenvalue weighted by atomic mass is 10.1. The second-order valence-electron chi connectivity index (χ2n) is 5.96. The molecule has 0 atom stereocenters. The molecule has 122 valence electrons. The van der Waals surface area contributed by atoms with Crippen molar-refractivity contribution < 1.29 is 4.79 Å². The molecule has 1 fully saturated rings. The van der Waals surface area contributed by atoms with Crippen LogP contribution >= 0.6 is 0 Å². The van der Waals surface area contributed by atoms with Crippen molar-refractivity contribution in [3.8, 4) is 6.07 Å². The summed E-state index contributed by atoms with van der Waals surface area (Å²) >= 11 is 0. The molecule has 0 aliphatic carbocycles. The first-order chi connectivity index (χ1) is 11.7. The lowest BCUT2D eigenvalue weighted by Crippen LogP contribution is -2.30. The van der Waals surface area contributed by atoms with Crippen LogP contribution in [0.25, 0.3) is 0 Å². The van der Waals surface area contributed by atoms with Gasteiger partial charge in [-0.2, -0.15) is 5.26 Å². The van der Waals surface area contributed by atoms with Crippen LogP contribution in [0.1, 0.15) is 35.2 Å². The Hall–Kier alpha value is -3.00. The summed E-state index contributed by atoms with van der Waals surface area (Å²) in [4.78, 5) is 14.6. The summed E-state index contributed by atoms with van der Waals surface area (Å²) in [7, 11) is 0. The Labute approximate surface area is 141 Å². The van der Waals surface area contributed by atoms with Crippen molar-refractivity contribution in [3.05, 3.63) is 53.6 Å². The van der Waals surface area contributed by atoms with Crippen LogP contribution in [-0.2, 0) is 0 Å². The minimum absolute atomic E-state index is 0.211. The fourth-order valence-corrected chi connectivity index (χ4v) is 2.95. The molecule has 0 spiro atoms. The standard InChI is InChI=1S/C19H20N4O/c20-13-14-4-7-16(8-5-14)22-19(24)15-6-9-18(17(21)12-15)23-10-2-1-3-11-23/h4-9,12H,1-3,10-11,21H2,(H,22,24). The Balaban J connectivity index is 1.72. The molecule has 2 aromatic rings. The molecule has 24 heavy (non-hydrogen) atoms. The number of nitrogens with two attached hydrogens (primary N) is 1. The van der Waals surface area contributed by atoms with Gasteiger partial charge < -0.3 is 16.0 Å². The third kappa shape index (κ3) is 3.49. The maximum absolute atomic E-state index is 12.4. The second kappa shape index (κ2) is 7.05. The molecule has 3 N–H and O–H groups in total. The largest absolute Gasteiger partial charge is 0.397 e. The summed E-state index contributed by atoms with van der Waals surface area (Å²) in [6, 6.07) is 14.3. The van der Waals surface area contributed by atoms with Crippen LogP contribution in [0.5, 0.6) is 0 Å². The van der Waals surface area contributed by atoms with E-state index in [2.05, 4.69) is 16.3 Å². The zero-order valence-corrected chi connectivity index (χ0v) is 13.5. The fourth-order valence-electron chi connectivity index (χ4n) is 2.95. The molecule has 5 heteroatoms. The summed E-state index contributed by atoms with van der Waals surface area (Å²) in [5.74, 6) is -0.211. The number of benzene rings is 2. The smallest absolute Gasteiger partial charge is 0.255 e. The van der Waals surface area contributed by atoms with Crippen LogP contribution in [-0.4, -0.2) is 19.0 Å². The van der Waals surface area contributed by atoms with Gasteiger partial charge in [0, 0.05) is 24.3 Å². The van der Waals surface area contributed by atoms with Gasteiger partial charge in [0.1, 0.15) is 0 Å². The Kier molecular flexibility index (Phi) is 4.66. The number of nitriles is 1. The molecule has 0 radical (unpaired) electrons. The second-order valence-corrected chi connectivity index (χ2v) is 5.96. The topological polar surface area (TPSA) is 82.2 Å². The van der Waals surface area contributed by atoms with Gasteiger partial charge in [-0.05, 0) is 61.7 Å². The lowest BCUT2D eigenvalue weighted by Gasteiger charge is -2.30. The molecule has 2 aromatic carbocycles. The van der Waals surface area contributed by atoms with Crippen molar-refractivity contribution in [2.45, 2.75) is 19.3 Å².